The molecule has 0 saturated carbocycles. The minimum absolute atomic E-state index is 0.257. The summed E-state index contributed by atoms with van der Waals surface area (Å²) in [6, 6.07) is 19.6. The van der Waals surface area contributed by atoms with Gasteiger partial charge in [-0.25, -0.2) is 0 Å². The molecule has 0 atom stereocenters. The second kappa shape index (κ2) is 5.33. The van der Waals surface area contributed by atoms with Crippen molar-refractivity contribution in [3.63, 3.8) is 0 Å². The van der Waals surface area contributed by atoms with Gasteiger partial charge >= 0.3 is 5.97 Å². The van der Waals surface area contributed by atoms with Gasteiger partial charge in [-0.2, -0.15) is 0 Å². The summed E-state index contributed by atoms with van der Waals surface area (Å²) in [5, 5.41) is 0. The molecule has 3 rings (SSSR count). The Morgan fingerprint density at radius 2 is 1.40 bits per heavy atom. The molecule has 0 aromatic heterocycles. The summed E-state index contributed by atoms with van der Waals surface area (Å²) < 4.78 is 5.45. The van der Waals surface area contributed by atoms with Crippen LogP contribution in [0.25, 0.3) is 5.57 Å². The van der Waals surface area contributed by atoms with Gasteiger partial charge in [0.15, 0.2) is 0 Å². The number of rotatable bonds is 3. The number of allylic oxidation sites excluding steroid dienone is 1. The highest BCUT2D eigenvalue weighted by molar-refractivity contribution is 6.11. The average Bonchev–Trinajstić information content (AvgIpc) is 2.85. The van der Waals surface area contributed by atoms with E-state index in [1.165, 1.54) is 0 Å². The van der Waals surface area contributed by atoms with Gasteiger partial charge < -0.3 is 4.74 Å². The van der Waals surface area contributed by atoms with E-state index in [0.717, 1.165) is 22.5 Å². The molecule has 0 fully saturated rings. The molecule has 2 nitrogen and oxygen atoms in total. The van der Waals surface area contributed by atoms with Crippen LogP contribution >= 0.6 is 0 Å². The Bertz CT molecular complexity index is 642. The lowest BCUT2D eigenvalue weighted by Gasteiger charge is -2.11. The molecule has 0 N–H and O–H groups in total. The smallest absolute Gasteiger partial charge is 0.328 e. The van der Waals surface area contributed by atoms with Crippen LogP contribution in [0.15, 0.2) is 66.4 Å². The van der Waals surface area contributed by atoms with E-state index in [0.29, 0.717) is 12.3 Å². The predicted octanol–water partition coefficient (Wildman–Crippen LogP) is 3.99. The van der Waals surface area contributed by atoms with Gasteiger partial charge in [-0.05, 0) is 11.1 Å². The Morgan fingerprint density at radius 1 is 0.850 bits per heavy atom. The molecule has 2 heteroatoms. The molecule has 0 spiro atoms. The van der Waals surface area contributed by atoms with Crippen LogP contribution in [-0.4, -0.2) is 5.97 Å². The largest absolute Gasteiger partial charge is 0.430 e. The lowest BCUT2D eigenvalue weighted by molar-refractivity contribution is -0.134. The zero-order chi connectivity index (χ0) is 13.9. The van der Waals surface area contributed by atoms with E-state index >= 15 is 0 Å². The maximum absolute atomic E-state index is 12.2. The lowest BCUT2D eigenvalue weighted by Crippen LogP contribution is -2.10. The molecule has 2 aromatic carbocycles. The number of hydrogen-bond donors (Lipinski definition) is 0. The van der Waals surface area contributed by atoms with E-state index in [2.05, 4.69) is 0 Å². The van der Waals surface area contributed by atoms with Gasteiger partial charge in [0.05, 0.1) is 0 Å². The van der Waals surface area contributed by atoms with Crippen LogP contribution in [0.2, 0.25) is 0 Å². The van der Waals surface area contributed by atoms with Gasteiger partial charge in [-0.15, -0.1) is 0 Å². The van der Waals surface area contributed by atoms with Gasteiger partial charge in [0.1, 0.15) is 11.7 Å². The summed E-state index contributed by atoms with van der Waals surface area (Å²) in [4.78, 5) is 12.2. The van der Waals surface area contributed by atoms with E-state index in [4.69, 9.17) is 4.74 Å². The van der Waals surface area contributed by atoms with E-state index in [-0.39, 0.29) is 5.97 Å². The number of cyclic esters (lactones) is 1. The second-order valence-corrected chi connectivity index (χ2v) is 4.65. The lowest BCUT2D eigenvalue weighted by atomic mass is 9.87. The third kappa shape index (κ3) is 2.14. The molecule has 0 unspecified atom stereocenters. The maximum Gasteiger partial charge on any atom is 0.328 e. The van der Waals surface area contributed by atoms with E-state index in [9.17, 15) is 4.79 Å². The summed E-state index contributed by atoms with van der Waals surface area (Å²) in [5.41, 5.74) is 2.85. The zero-order valence-electron chi connectivity index (χ0n) is 11.3. The molecule has 0 amide bonds. The van der Waals surface area contributed by atoms with Crippen molar-refractivity contribution in [3.8, 4) is 0 Å². The van der Waals surface area contributed by atoms with Crippen LogP contribution in [0, 0.1) is 5.92 Å². The number of hydrogen-bond acceptors (Lipinski definition) is 2. The van der Waals surface area contributed by atoms with Crippen LogP contribution in [0.4, 0.5) is 0 Å². The SMILES string of the molecule is CCC1=C(c2ccccc2)[C](c2ccccc2)C(=O)O1. The van der Waals surface area contributed by atoms with Crippen LogP contribution in [0.1, 0.15) is 24.5 Å². The number of benzene rings is 2. The van der Waals surface area contributed by atoms with Crippen LogP contribution in [0.3, 0.4) is 0 Å². The first-order valence-corrected chi connectivity index (χ1v) is 6.74. The van der Waals surface area contributed by atoms with E-state index < -0.39 is 0 Å². The molecule has 99 valence electrons. The first kappa shape index (κ1) is 12.7. The quantitative estimate of drug-likeness (QED) is 0.783. The summed E-state index contributed by atoms with van der Waals surface area (Å²) in [5.74, 6) is 1.15. The van der Waals surface area contributed by atoms with Gasteiger partial charge in [-0.1, -0.05) is 67.6 Å². The first-order valence-electron chi connectivity index (χ1n) is 6.74. The van der Waals surface area contributed by atoms with Gasteiger partial charge in [-0.3, -0.25) is 4.79 Å². The Labute approximate surface area is 118 Å². The third-order valence-corrected chi connectivity index (χ3v) is 3.39. The zero-order valence-corrected chi connectivity index (χ0v) is 11.3. The van der Waals surface area contributed by atoms with Crippen molar-refractivity contribution in [2.24, 2.45) is 0 Å². The molecular formula is C18H15O2. The number of esters is 1. The number of ether oxygens (including phenoxy) is 1. The molecule has 0 aliphatic carbocycles. The van der Waals surface area contributed by atoms with Gasteiger partial charge in [0.2, 0.25) is 0 Å². The van der Waals surface area contributed by atoms with Gasteiger partial charge in [0.25, 0.3) is 0 Å². The first-order chi connectivity index (χ1) is 9.81. The summed E-state index contributed by atoms with van der Waals surface area (Å²) in [6.07, 6.45) is 0.701. The predicted molar refractivity (Wildman–Crippen MR) is 78.5 cm³/mol. The van der Waals surface area contributed by atoms with Crippen molar-refractivity contribution >= 4 is 11.5 Å². The van der Waals surface area contributed by atoms with Gasteiger partial charge in [0, 0.05) is 12.0 Å². The summed E-state index contributed by atoms with van der Waals surface area (Å²) >= 11 is 0. The highest BCUT2D eigenvalue weighted by Crippen LogP contribution is 2.41. The molecule has 20 heavy (non-hydrogen) atoms. The highest BCUT2D eigenvalue weighted by atomic mass is 16.5. The summed E-state index contributed by atoms with van der Waals surface area (Å²) in [7, 11) is 0. The highest BCUT2D eigenvalue weighted by Gasteiger charge is 2.37. The van der Waals surface area contributed by atoms with Crippen molar-refractivity contribution in [1.82, 2.24) is 0 Å². The topological polar surface area (TPSA) is 26.3 Å². The Morgan fingerprint density at radius 3 is 1.95 bits per heavy atom. The van der Waals surface area contributed by atoms with Crippen molar-refractivity contribution in [2.45, 2.75) is 13.3 Å². The minimum atomic E-state index is -0.257. The molecule has 2 aromatic rings. The average molecular weight is 263 g/mol. The fourth-order valence-electron chi connectivity index (χ4n) is 2.48. The van der Waals surface area contributed by atoms with Crippen molar-refractivity contribution < 1.29 is 9.53 Å². The Kier molecular flexibility index (Phi) is 3.38. The van der Waals surface area contributed by atoms with Crippen molar-refractivity contribution in [3.05, 3.63) is 83.5 Å². The van der Waals surface area contributed by atoms with Crippen LogP contribution in [0.5, 0.6) is 0 Å². The normalized spacial score (nSPS) is 15.6. The number of carbonyl (C=O) groups is 1. The minimum Gasteiger partial charge on any atom is -0.430 e. The standard InChI is InChI=1S/C18H15O2/c1-2-15-16(13-9-5-3-6-10-13)17(18(19)20-15)14-11-7-4-8-12-14/h3-12H,2H2,1H3. The molecule has 0 bridgehead atoms. The van der Waals surface area contributed by atoms with Crippen molar-refractivity contribution in [2.75, 3.05) is 0 Å². The molecular weight excluding hydrogens is 248 g/mol. The van der Waals surface area contributed by atoms with Crippen LogP contribution in [-0.2, 0) is 9.53 Å². The Hall–Kier alpha value is -2.35. The fourth-order valence-corrected chi connectivity index (χ4v) is 2.48. The van der Waals surface area contributed by atoms with E-state index in [1.54, 1.807) is 0 Å². The number of carbonyl (C=O) groups excluding carboxylic acids is 1. The van der Waals surface area contributed by atoms with Crippen LogP contribution < -0.4 is 0 Å². The maximum atomic E-state index is 12.2. The third-order valence-electron chi connectivity index (χ3n) is 3.39. The Balaban J connectivity index is 2.13. The van der Waals surface area contributed by atoms with E-state index in [1.807, 2.05) is 67.6 Å². The molecule has 1 radical (unpaired) electrons. The molecule has 1 aliphatic rings. The molecule has 0 saturated heterocycles. The second-order valence-electron chi connectivity index (χ2n) is 4.65. The monoisotopic (exact) mass is 263 g/mol. The fraction of sp³-hybridized carbons (Fsp3) is 0.111. The summed E-state index contributed by atoms with van der Waals surface area (Å²) in [6.45, 7) is 2.00. The molecule has 1 aliphatic heterocycles. The molecule has 1 heterocycles. The van der Waals surface area contributed by atoms with Crippen molar-refractivity contribution in [1.29, 1.82) is 0 Å².